The first-order valence-corrected chi connectivity index (χ1v) is 9.32. The van der Waals surface area contributed by atoms with Gasteiger partial charge in [-0.15, -0.1) is 0 Å². The van der Waals surface area contributed by atoms with Crippen molar-refractivity contribution in [2.24, 2.45) is 5.92 Å². The van der Waals surface area contributed by atoms with Crippen LogP contribution in [0.1, 0.15) is 62.1 Å². The summed E-state index contributed by atoms with van der Waals surface area (Å²) in [7, 11) is 0. The molecule has 1 saturated carbocycles. The predicted molar refractivity (Wildman–Crippen MR) is 98.5 cm³/mol. The number of benzene rings is 2. The molecule has 2 aromatic rings. The topological polar surface area (TPSA) is 17.1 Å². The van der Waals surface area contributed by atoms with Gasteiger partial charge in [-0.1, -0.05) is 55.8 Å². The molecule has 3 aliphatic carbocycles. The number of ketones is 1. The minimum absolute atomic E-state index is 0.111. The van der Waals surface area contributed by atoms with Gasteiger partial charge in [-0.3, -0.25) is 4.79 Å². The van der Waals surface area contributed by atoms with Crippen molar-refractivity contribution in [1.82, 2.24) is 0 Å². The second-order valence-corrected chi connectivity index (χ2v) is 8.49. The van der Waals surface area contributed by atoms with E-state index in [4.69, 9.17) is 0 Å². The molecule has 5 rings (SSSR count). The van der Waals surface area contributed by atoms with E-state index in [-0.39, 0.29) is 5.41 Å². The van der Waals surface area contributed by atoms with Crippen LogP contribution < -0.4 is 0 Å². The average molecular weight is 316 g/mol. The lowest BCUT2D eigenvalue weighted by atomic mass is 9.62. The maximum atomic E-state index is 12.6. The Morgan fingerprint density at radius 1 is 1.08 bits per heavy atom. The summed E-state index contributed by atoms with van der Waals surface area (Å²) in [5, 5.41) is 2.63. The highest BCUT2D eigenvalue weighted by molar-refractivity contribution is 5.91. The first-order valence-electron chi connectivity index (χ1n) is 9.32. The Labute approximate surface area is 143 Å². The molecule has 0 aliphatic heterocycles. The fraction of sp³-hybridized carbons (Fsp3) is 0.435. The predicted octanol–water partition coefficient (Wildman–Crippen LogP) is 5.46. The third-order valence-corrected chi connectivity index (χ3v) is 6.71. The van der Waals surface area contributed by atoms with Gasteiger partial charge in [-0.05, 0) is 58.6 Å². The number of allylic oxidation sites excluding steroid dienone is 2. The zero-order valence-corrected chi connectivity index (χ0v) is 14.6. The van der Waals surface area contributed by atoms with E-state index in [0.29, 0.717) is 24.0 Å². The van der Waals surface area contributed by atoms with E-state index in [1.165, 1.54) is 40.3 Å². The van der Waals surface area contributed by atoms with Crippen LogP contribution >= 0.6 is 0 Å². The minimum atomic E-state index is 0.111. The summed E-state index contributed by atoms with van der Waals surface area (Å²) in [4.78, 5) is 12.6. The Morgan fingerprint density at radius 3 is 2.67 bits per heavy atom. The molecular formula is C23H24O. The molecule has 0 saturated heterocycles. The smallest absolute Gasteiger partial charge is 0.138 e. The number of Topliss-reactive ketones (excluding diaryl/α,β-unsaturated/α-hetero) is 1. The van der Waals surface area contributed by atoms with E-state index in [0.717, 1.165) is 12.8 Å². The Balaban J connectivity index is 1.72. The molecule has 1 heteroatoms. The van der Waals surface area contributed by atoms with Crippen LogP contribution in [0, 0.1) is 5.92 Å². The molecule has 0 N–H and O–H groups in total. The number of rotatable bonds is 1. The molecule has 0 aromatic heterocycles. The normalized spacial score (nSPS) is 28.0. The Hall–Kier alpha value is -1.89. The van der Waals surface area contributed by atoms with Crippen molar-refractivity contribution < 1.29 is 4.79 Å². The summed E-state index contributed by atoms with van der Waals surface area (Å²) in [5.41, 5.74) is 5.87. The number of carbonyl (C=O) groups excluding carboxylic acids is 1. The summed E-state index contributed by atoms with van der Waals surface area (Å²) in [5.74, 6) is 1.63. The van der Waals surface area contributed by atoms with Crippen molar-refractivity contribution >= 4 is 16.6 Å². The first-order chi connectivity index (χ1) is 11.5. The van der Waals surface area contributed by atoms with Crippen LogP contribution in [0.5, 0.6) is 0 Å². The SMILES string of the molecule is CC(C)c1ccc2cc3c(cc2c1)CC(=O)CC31CC2=CCC1C2. The Bertz CT molecular complexity index is 902. The van der Waals surface area contributed by atoms with Gasteiger partial charge in [0, 0.05) is 18.3 Å². The third-order valence-electron chi connectivity index (χ3n) is 6.71. The zero-order valence-electron chi connectivity index (χ0n) is 14.6. The highest BCUT2D eigenvalue weighted by atomic mass is 16.1. The van der Waals surface area contributed by atoms with Gasteiger partial charge in [-0.2, -0.15) is 0 Å². The lowest BCUT2D eigenvalue weighted by Crippen LogP contribution is -2.39. The minimum Gasteiger partial charge on any atom is -0.299 e. The van der Waals surface area contributed by atoms with E-state index in [9.17, 15) is 4.79 Å². The second kappa shape index (κ2) is 4.81. The molecule has 24 heavy (non-hydrogen) atoms. The van der Waals surface area contributed by atoms with E-state index >= 15 is 0 Å². The zero-order chi connectivity index (χ0) is 16.5. The van der Waals surface area contributed by atoms with Crippen molar-refractivity contribution in [2.75, 3.05) is 0 Å². The summed E-state index contributed by atoms with van der Waals surface area (Å²) in [6, 6.07) is 11.6. The van der Waals surface area contributed by atoms with Gasteiger partial charge in [0.15, 0.2) is 0 Å². The van der Waals surface area contributed by atoms with Crippen molar-refractivity contribution in [2.45, 2.75) is 57.3 Å². The van der Waals surface area contributed by atoms with E-state index in [1.54, 1.807) is 5.57 Å². The second-order valence-electron chi connectivity index (χ2n) is 8.49. The molecule has 0 radical (unpaired) electrons. The van der Waals surface area contributed by atoms with Gasteiger partial charge in [0.05, 0.1) is 0 Å². The van der Waals surface area contributed by atoms with Gasteiger partial charge in [0.1, 0.15) is 5.78 Å². The highest BCUT2D eigenvalue weighted by Crippen LogP contribution is 2.58. The fourth-order valence-corrected chi connectivity index (χ4v) is 5.48. The monoisotopic (exact) mass is 316 g/mol. The van der Waals surface area contributed by atoms with Gasteiger partial charge >= 0.3 is 0 Å². The van der Waals surface area contributed by atoms with Crippen LogP contribution in [0.2, 0.25) is 0 Å². The maximum Gasteiger partial charge on any atom is 0.138 e. The number of hydrogen-bond acceptors (Lipinski definition) is 1. The van der Waals surface area contributed by atoms with Crippen molar-refractivity contribution in [3.8, 4) is 0 Å². The number of fused-ring (bicyclic) bond motifs is 6. The molecule has 2 unspecified atom stereocenters. The molecular weight excluding hydrogens is 292 g/mol. The Kier molecular flexibility index (Phi) is 2.90. The van der Waals surface area contributed by atoms with Gasteiger partial charge in [0.25, 0.3) is 0 Å². The molecule has 0 amide bonds. The van der Waals surface area contributed by atoms with E-state index < -0.39 is 0 Å². The summed E-state index contributed by atoms with van der Waals surface area (Å²) in [6.07, 6.45) is 7.32. The largest absolute Gasteiger partial charge is 0.299 e. The molecule has 3 aliphatic rings. The van der Waals surface area contributed by atoms with Crippen LogP contribution in [-0.4, -0.2) is 5.78 Å². The molecule has 2 aromatic carbocycles. The van der Waals surface area contributed by atoms with Crippen LogP contribution in [0.25, 0.3) is 10.8 Å². The van der Waals surface area contributed by atoms with E-state index in [2.05, 4.69) is 50.3 Å². The standard InChI is InChI=1S/C23H24O/c1-14(2)16-4-5-17-11-22-19(9-18(17)8-16)10-21(24)13-23(22)12-15-3-6-20(23)7-15/h3-5,8-9,11,14,20H,6-7,10,12-13H2,1-2H3. The van der Waals surface area contributed by atoms with Gasteiger partial charge < -0.3 is 0 Å². The number of hydrogen-bond donors (Lipinski definition) is 0. The summed E-state index contributed by atoms with van der Waals surface area (Å²) in [6.45, 7) is 4.47. The molecule has 1 nitrogen and oxygen atoms in total. The Morgan fingerprint density at radius 2 is 1.96 bits per heavy atom. The number of carbonyl (C=O) groups is 1. The summed E-state index contributed by atoms with van der Waals surface area (Å²) < 4.78 is 0. The average Bonchev–Trinajstić information content (AvgIpc) is 3.14. The van der Waals surface area contributed by atoms with Crippen LogP contribution in [0.3, 0.4) is 0 Å². The quantitative estimate of drug-likeness (QED) is 0.639. The lowest BCUT2D eigenvalue weighted by molar-refractivity contribution is -0.120. The molecule has 0 heterocycles. The van der Waals surface area contributed by atoms with Crippen LogP contribution in [0.15, 0.2) is 42.0 Å². The van der Waals surface area contributed by atoms with Gasteiger partial charge in [0.2, 0.25) is 0 Å². The lowest BCUT2D eigenvalue weighted by Gasteiger charge is -2.41. The fourth-order valence-electron chi connectivity index (χ4n) is 5.48. The molecule has 1 spiro atoms. The van der Waals surface area contributed by atoms with Crippen LogP contribution in [0.4, 0.5) is 0 Å². The van der Waals surface area contributed by atoms with Crippen molar-refractivity contribution in [1.29, 1.82) is 0 Å². The van der Waals surface area contributed by atoms with E-state index in [1.807, 2.05) is 0 Å². The first kappa shape index (κ1) is 14.5. The molecule has 1 fully saturated rings. The van der Waals surface area contributed by atoms with Crippen LogP contribution in [-0.2, 0) is 16.6 Å². The van der Waals surface area contributed by atoms with Crippen molar-refractivity contribution in [3.63, 3.8) is 0 Å². The van der Waals surface area contributed by atoms with Crippen molar-refractivity contribution in [3.05, 3.63) is 58.7 Å². The molecule has 2 atom stereocenters. The molecule has 2 bridgehead atoms. The molecule has 122 valence electrons. The maximum absolute atomic E-state index is 12.6. The highest BCUT2D eigenvalue weighted by Gasteiger charge is 2.51. The third kappa shape index (κ3) is 1.90. The summed E-state index contributed by atoms with van der Waals surface area (Å²) >= 11 is 0. The van der Waals surface area contributed by atoms with Gasteiger partial charge in [-0.25, -0.2) is 0 Å².